The maximum Gasteiger partial charge on any atom is 0.224 e. The first-order valence-corrected chi connectivity index (χ1v) is 5.98. The third kappa shape index (κ3) is 3.82. The lowest BCUT2D eigenvalue weighted by atomic mass is 10.1. The molecule has 0 atom stereocenters. The molecule has 92 valence electrons. The molecule has 17 heavy (non-hydrogen) atoms. The minimum absolute atomic E-state index is 0.0255. The van der Waals surface area contributed by atoms with Gasteiger partial charge in [-0.3, -0.25) is 4.79 Å². The van der Waals surface area contributed by atoms with E-state index in [4.69, 9.17) is 0 Å². The van der Waals surface area contributed by atoms with Gasteiger partial charge in [-0.2, -0.15) is 0 Å². The van der Waals surface area contributed by atoms with Crippen LogP contribution < -0.4 is 10.6 Å². The second kappa shape index (κ2) is 5.77. The van der Waals surface area contributed by atoms with Crippen LogP contribution in [-0.2, 0) is 11.2 Å². The smallest absolute Gasteiger partial charge is 0.224 e. The van der Waals surface area contributed by atoms with Crippen molar-refractivity contribution in [1.29, 1.82) is 0 Å². The molecule has 1 amide bonds. The molecule has 3 nitrogen and oxygen atoms in total. The summed E-state index contributed by atoms with van der Waals surface area (Å²) < 4.78 is 12.9. The van der Waals surface area contributed by atoms with Crippen molar-refractivity contribution in [3.63, 3.8) is 0 Å². The number of hydrogen-bond donors (Lipinski definition) is 2. The predicted molar refractivity (Wildman–Crippen MR) is 64.1 cm³/mol. The van der Waals surface area contributed by atoms with Gasteiger partial charge in [-0.05, 0) is 43.6 Å². The molecular formula is C13H17FN2O. The molecule has 0 bridgehead atoms. The number of halogens is 1. The van der Waals surface area contributed by atoms with E-state index in [2.05, 4.69) is 10.6 Å². The van der Waals surface area contributed by atoms with Gasteiger partial charge in [0.2, 0.25) is 5.91 Å². The van der Waals surface area contributed by atoms with E-state index in [9.17, 15) is 9.18 Å². The minimum atomic E-state index is -0.294. The van der Waals surface area contributed by atoms with E-state index in [0.29, 0.717) is 0 Å². The Bertz CT molecular complexity index is 389. The van der Waals surface area contributed by atoms with Gasteiger partial charge in [0.25, 0.3) is 0 Å². The zero-order valence-corrected chi connectivity index (χ0v) is 9.71. The van der Waals surface area contributed by atoms with Crippen LogP contribution in [0.25, 0.3) is 0 Å². The molecule has 1 fully saturated rings. The topological polar surface area (TPSA) is 41.1 Å². The summed E-state index contributed by atoms with van der Waals surface area (Å²) in [5.41, 5.74) is 0.719. The van der Waals surface area contributed by atoms with Crippen LogP contribution >= 0.6 is 0 Å². The first-order valence-electron chi connectivity index (χ1n) is 5.98. The molecule has 1 saturated heterocycles. The summed E-state index contributed by atoms with van der Waals surface area (Å²) in [5, 5.41) is 6.23. The minimum Gasteiger partial charge on any atom is -0.353 e. The summed E-state index contributed by atoms with van der Waals surface area (Å²) in [6.07, 6.45) is 2.19. The van der Waals surface area contributed by atoms with Gasteiger partial charge in [-0.25, -0.2) is 4.39 Å². The lowest BCUT2D eigenvalue weighted by Crippen LogP contribution is -2.43. The average Bonchev–Trinajstić information content (AvgIpc) is 2.30. The fourth-order valence-corrected chi connectivity index (χ4v) is 2.08. The summed E-state index contributed by atoms with van der Waals surface area (Å²) in [4.78, 5) is 11.7. The Labute approximate surface area is 100 Å². The van der Waals surface area contributed by atoms with Crippen LogP contribution in [0.2, 0.25) is 0 Å². The molecule has 0 aliphatic carbocycles. The van der Waals surface area contributed by atoms with Gasteiger partial charge >= 0.3 is 0 Å². The third-order valence-corrected chi connectivity index (χ3v) is 2.96. The van der Waals surface area contributed by atoms with E-state index in [-0.39, 0.29) is 24.2 Å². The van der Waals surface area contributed by atoms with Gasteiger partial charge < -0.3 is 10.6 Å². The van der Waals surface area contributed by atoms with Crippen LogP contribution in [0.1, 0.15) is 18.4 Å². The molecule has 0 unspecified atom stereocenters. The lowest BCUT2D eigenvalue weighted by molar-refractivity contribution is -0.121. The molecule has 1 aliphatic heterocycles. The Hall–Kier alpha value is -1.42. The number of carbonyl (C=O) groups excluding carboxylic acids is 1. The van der Waals surface area contributed by atoms with E-state index in [1.165, 1.54) is 12.1 Å². The van der Waals surface area contributed by atoms with E-state index in [0.717, 1.165) is 31.5 Å². The molecule has 1 aromatic carbocycles. The maximum absolute atomic E-state index is 12.9. The van der Waals surface area contributed by atoms with Crippen molar-refractivity contribution in [1.82, 2.24) is 10.6 Å². The molecule has 0 radical (unpaired) electrons. The van der Waals surface area contributed by atoms with Crippen LogP contribution in [0.4, 0.5) is 4.39 Å². The summed E-state index contributed by atoms with van der Waals surface area (Å²) in [6, 6.07) is 6.45. The van der Waals surface area contributed by atoms with Gasteiger partial charge in [0.15, 0.2) is 0 Å². The van der Waals surface area contributed by atoms with Crippen molar-refractivity contribution < 1.29 is 9.18 Å². The van der Waals surface area contributed by atoms with Crippen LogP contribution in [0, 0.1) is 5.82 Å². The molecule has 1 heterocycles. The first kappa shape index (κ1) is 12.0. The van der Waals surface area contributed by atoms with Gasteiger partial charge in [-0.1, -0.05) is 12.1 Å². The molecule has 2 N–H and O–H groups in total. The maximum atomic E-state index is 12.9. The number of carbonyl (C=O) groups is 1. The molecular weight excluding hydrogens is 219 g/mol. The standard InChI is InChI=1S/C13H17FN2O/c14-11-3-1-2-10(8-11)9-13(17)16-12-4-6-15-7-5-12/h1-3,8,12,15H,4-7,9H2,(H,16,17). The Morgan fingerprint density at radius 1 is 1.41 bits per heavy atom. The van der Waals surface area contributed by atoms with Crippen molar-refractivity contribution >= 4 is 5.91 Å². The fourth-order valence-electron chi connectivity index (χ4n) is 2.08. The first-order chi connectivity index (χ1) is 8.24. The van der Waals surface area contributed by atoms with Crippen LogP contribution in [0.5, 0.6) is 0 Å². The summed E-state index contributed by atoms with van der Waals surface area (Å²) in [5.74, 6) is -0.320. The molecule has 0 saturated carbocycles. The molecule has 4 heteroatoms. The van der Waals surface area contributed by atoms with Gasteiger partial charge in [0, 0.05) is 6.04 Å². The van der Waals surface area contributed by atoms with E-state index >= 15 is 0 Å². The number of rotatable bonds is 3. The van der Waals surface area contributed by atoms with Gasteiger partial charge in [0.05, 0.1) is 6.42 Å². The second-order valence-corrected chi connectivity index (χ2v) is 4.40. The van der Waals surface area contributed by atoms with Gasteiger partial charge in [0.1, 0.15) is 5.82 Å². The highest BCUT2D eigenvalue weighted by Gasteiger charge is 2.15. The third-order valence-electron chi connectivity index (χ3n) is 2.96. The normalized spacial score (nSPS) is 16.8. The van der Waals surface area contributed by atoms with Crippen molar-refractivity contribution in [2.45, 2.75) is 25.3 Å². The van der Waals surface area contributed by atoms with Gasteiger partial charge in [-0.15, -0.1) is 0 Å². The molecule has 2 rings (SSSR count). The van der Waals surface area contributed by atoms with Crippen LogP contribution in [-0.4, -0.2) is 25.0 Å². The number of amides is 1. The summed E-state index contributed by atoms with van der Waals surface area (Å²) in [7, 11) is 0. The Kier molecular flexibility index (Phi) is 4.09. The van der Waals surface area contributed by atoms with Crippen molar-refractivity contribution in [3.8, 4) is 0 Å². The number of piperidine rings is 1. The SMILES string of the molecule is O=C(Cc1cccc(F)c1)NC1CCNCC1. The highest BCUT2D eigenvalue weighted by molar-refractivity contribution is 5.78. The summed E-state index contributed by atoms with van der Waals surface area (Å²) >= 11 is 0. The van der Waals surface area contributed by atoms with Crippen molar-refractivity contribution in [3.05, 3.63) is 35.6 Å². The molecule has 1 aromatic rings. The van der Waals surface area contributed by atoms with E-state index < -0.39 is 0 Å². The quantitative estimate of drug-likeness (QED) is 0.829. The number of hydrogen-bond acceptors (Lipinski definition) is 2. The Balaban J connectivity index is 1.84. The highest BCUT2D eigenvalue weighted by Crippen LogP contribution is 2.06. The number of nitrogens with one attached hydrogen (secondary N) is 2. The largest absolute Gasteiger partial charge is 0.353 e. The predicted octanol–water partition coefficient (Wildman–Crippen LogP) is 1.24. The van der Waals surface area contributed by atoms with Crippen LogP contribution in [0.3, 0.4) is 0 Å². The number of benzene rings is 1. The van der Waals surface area contributed by atoms with Crippen molar-refractivity contribution in [2.75, 3.05) is 13.1 Å². The van der Waals surface area contributed by atoms with Crippen LogP contribution in [0.15, 0.2) is 24.3 Å². The Morgan fingerprint density at radius 3 is 2.88 bits per heavy atom. The molecule has 0 aromatic heterocycles. The molecule has 1 aliphatic rings. The lowest BCUT2D eigenvalue weighted by Gasteiger charge is -2.23. The monoisotopic (exact) mass is 236 g/mol. The van der Waals surface area contributed by atoms with E-state index in [1.54, 1.807) is 12.1 Å². The zero-order chi connectivity index (χ0) is 12.1. The van der Waals surface area contributed by atoms with E-state index in [1.807, 2.05) is 0 Å². The summed E-state index contributed by atoms with van der Waals surface area (Å²) in [6.45, 7) is 1.90. The molecule has 0 spiro atoms. The highest BCUT2D eigenvalue weighted by atomic mass is 19.1. The average molecular weight is 236 g/mol. The Morgan fingerprint density at radius 2 is 2.18 bits per heavy atom. The zero-order valence-electron chi connectivity index (χ0n) is 9.71. The van der Waals surface area contributed by atoms with Crippen molar-refractivity contribution in [2.24, 2.45) is 0 Å². The second-order valence-electron chi connectivity index (χ2n) is 4.40. The fraction of sp³-hybridized carbons (Fsp3) is 0.462.